The highest BCUT2D eigenvalue weighted by molar-refractivity contribution is 7.57. The second-order valence-corrected chi connectivity index (χ2v) is 16.2. The van der Waals surface area contributed by atoms with Gasteiger partial charge in [0.15, 0.2) is 5.78 Å². The Balaban J connectivity index is 1.80. The predicted octanol–water partition coefficient (Wildman–Crippen LogP) is 9.27. The molecule has 44 heavy (non-hydrogen) atoms. The Morgan fingerprint density at radius 1 is 1.09 bits per heavy atom. The first kappa shape index (κ1) is 37.2. The lowest BCUT2D eigenvalue weighted by Crippen LogP contribution is -2.38. The van der Waals surface area contributed by atoms with E-state index in [1.807, 2.05) is 13.8 Å². The lowest BCUT2D eigenvalue weighted by molar-refractivity contribution is -0.117. The summed E-state index contributed by atoms with van der Waals surface area (Å²) in [5.41, 5.74) is 3.26. The molecule has 6 atom stereocenters. The molecule has 0 aromatic carbocycles. The van der Waals surface area contributed by atoms with Gasteiger partial charge in [0.25, 0.3) is 0 Å². The minimum atomic E-state index is -3.69. The van der Waals surface area contributed by atoms with E-state index in [2.05, 4.69) is 52.5 Å². The van der Waals surface area contributed by atoms with Crippen LogP contribution in [-0.4, -0.2) is 46.6 Å². The van der Waals surface area contributed by atoms with Crippen molar-refractivity contribution in [3.63, 3.8) is 0 Å². The smallest absolute Gasteiger partial charge is 0.344 e. The fourth-order valence-electron chi connectivity index (χ4n) is 8.20. The third-order valence-electron chi connectivity index (χ3n) is 11.2. The van der Waals surface area contributed by atoms with E-state index in [0.29, 0.717) is 50.7 Å². The van der Waals surface area contributed by atoms with Crippen molar-refractivity contribution in [2.24, 2.45) is 23.2 Å². The summed E-state index contributed by atoms with van der Waals surface area (Å²) < 4.78 is 26.4. The van der Waals surface area contributed by atoms with Crippen LogP contribution in [0.4, 0.5) is 0 Å². The van der Waals surface area contributed by atoms with Gasteiger partial charge in [-0.05, 0) is 105 Å². The van der Waals surface area contributed by atoms with E-state index in [9.17, 15) is 19.6 Å². The summed E-state index contributed by atoms with van der Waals surface area (Å²) in [7, 11) is -3.69. The van der Waals surface area contributed by atoms with E-state index in [4.69, 9.17) is 9.05 Å². The largest absolute Gasteiger partial charge is 0.393 e. The SMILES string of the molecule is C=C1/C(=C\C=C2/CCC[C@@]3(C)C2CC[C@@H]3[C@H](C)/C=C/C(=O)C(CC)(CC)P(=O)(OCCCC)OCCCC)C[C@@H](O)C[C@@H]1O. The van der Waals surface area contributed by atoms with E-state index < -0.39 is 25.0 Å². The molecule has 3 fully saturated rings. The van der Waals surface area contributed by atoms with Gasteiger partial charge in [-0.1, -0.05) is 84.8 Å². The molecule has 0 aliphatic heterocycles. The molecule has 250 valence electrons. The number of rotatable bonds is 16. The molecule has 3 aliphatic rings. The van der Waals surface area contributed by atoms with Crippen LogP contribution in [0.5, 0.6) is 0 Å². The number of aliphatic hydroxyl groups excluding tert-OH is 2. The lowest BCUT2D eigenvalue weighted by Gasteiger charge is -2.44. The average molecular weight is 633 g/mol. The molecule has 0 bridgehead atoms. The maximum absolute atomic E-state index is 14.4. The van der Waals surface area contributed by atoms with Crippen molar-refractivity contribution >= 4 is 13.4 Å². The lowest BCUT2D eigenvalue weighted by atomic mass is 9.61. The standard InChI is InChI=1S/C37H61O6P/c1-8-12-23-42-44(41,43-24-13-9-2)37(10-3,11-4)35(40)21-16-27(5)32-19-20-33-29(15-14-22-36(32,33)7)17-18-30-25-31(38)26-34(39)28(30)6/h16-18,21,27,31-34,38-39H,6,8-15,19-20,22-26H2,1-5,7H3/b21-16+,29-17+,30-18-/t27-,31-,32-,33?,34+,36-/m1/s1. The number of ketones is 1. The normalized spacial score (nSPS) is 30.8. The van der Waals surface area contributed by atoms with Crippen molar-refractivity contribution in [3.8, 4) is 0 Å². The van der Waals surface area contributed by atoms with Gasteiger partial charge in [-0.3, -0.25) is 9.36 Å². The number of aliphatic hydroxyl groups is 2. The highest BCUT2D eigenvalue weighted by atomic mass is 31.2. The zero-order valence-corrected chi connectivity index (χ0v) is 29.4. The van der Waals surface area contributed by atoms with Crippen LogP contribution in [-0.2, 0) is 18.4 Å². The van der Waals surface area contributed by atoms with Gasteiger partial charge < -0.3 is 19.3 Å². The summed E-state index contributed by atoms with van der Waals surface area (Å²) in [6.07, 6.45) is 17.6. The summed E-state index contributed by atoms with van der Waals surface area (Å²) in [5.74, 6) is 0.967. The first-order valence-corrected chi connectivity index (χ1v) is 19.0. The van der Waals surface area contributed by atoms with Crippen molar-refractivity contribution in [1.29, 1.82) is 0 Å². The summed E-state index contributed by atoms with van der Waals surface area (Å²) in [6, 6.07) is 0. The van der Waals surface area contributed by atoms with Crippen molar-refractivity contribution in [2.45, 2.75) is 142 Å². The second-order valence-electron chi connectivity index (χ2n) is 13.9. The molecule has 0 heterocycles. The number of unbranched alkanes of at least 4 members (excludes halogenated alkanes) is 2. The molecule has 1 unspecified atom stereocenters. The Morgan fingerprint density at radius 3 is 2.32 bits per heavy atom. The molecular weight excluding hydrogens is 571 g/mol. The molecule has 0 amide bonds. The van der Waals surface area contributed by atoms with E-state index >= 15 is 0 Å². The fraction of sp³-hybridized carbons (Fsp3) is 0.757. The molecular formula is C37H61O6P. The number of carbonyl (C=O) groups is 1. The third kappa shape index (κ3) is 7.97. The van der Waals surface area contributed by atoms with E-state index in [0.717, 1.165) is 68.9 Å². The molecule has 3 aliphatic carbocycles. The number of carbonyl (C=O) groups excluding carboxylic acids is 1. The highest BCUT2D eigenvalue weighted by Crippen LogP contribution is 2.64. The van der Waals surface area contributed by atoms with Crippen molar-refractivity contribution in [1.82, 2.24) is 0 Å². The zero-order chi connectivity index (χ0) is 32.5. The maximum atomic E-state index is 14.4. The third-order valence-corrected chi connectivity index (χ3v) is 14.1. The van der Waals surface area contributed by atoms with Crippen LogP contribution in [0.2, 0.25) is 0 Å². The van der Waals surface area contributed by atoms with Gasteiger partial charge in [-0.2, -0.15) is 0 Å². The van der Waals surface area contributed by atoms with Crippen LogP contribution in [0, 0.1) is 23.2 Å². The summed E-state index contributed by atoms with van der Waals surface area (Å²) >= 11 is 0. The first-order chi connectivity index (χ1) is 20.9. The summed E-state index contributed by atoms with van der Waals surface area (Å²) in [5, 5.41) is 19.3. The monoisotopic (exact) mass is 632 g/mol. The second kappa shape index (κ2) is 16.5. The molecule has 0 spiro atoms. The maximum Gasteiger partial charge on any atom is 0.344 e. The van der Waals surface area contributed by atoms with Gasteiger partial charge in [0.2, 0.25) is 0 Å². The number of hydrogen-bond donors (Lipinski definition) is 2. The Morgan fingerprint density at radius 2 is 1.73 bits per heavy atom. The topological polar surface area (TPSA) is 93.1 Å². The van der Waals surface area contributed by atoms with Crippen LogP contribution >= 0.6 is 7.60 Å². The Kier molecular flexibility index (Phi) is 13.9. The van der Waals surface area contributed by atoms with Gasteiger partial charge in [0.05, 0.1) is 25.4 Å². The molecule has 0 aromatic heterocycles. The van der Waals surface area contributed by atoms with Crippen molar-refractivity contribution < 1.29 is 28.6 Å². The molecule has 0 saturated heterocycles. The zero-order valence-electron chi connectivity index (χ0n) is 28.5. The van der Waals surface area contributed by atoms with Crippen molar-refractivity contribution in [3.05, 3.63) is 47.6 Å². The van der Waals surface area contributed by atoms with Gasteiger partial charge in [0.1, 0.15) is 5.16 Å². The van der Waals surface area contributed by atoms with Crippen LogP contribution < -0.4 is 0 Å². The Bertz CT molecular complexity index is 1100. The summed E-state index contributed by atoms with van der Waals surface area (Å²) in [6.45, 7) is 17.4. The van der Waals surface area contributed by atoms with Gasteiger partial charge >= 0.3 is 7.60 Å². The quantitative estimate of drug-likeness (QED) is 0.100. The van der Waals surface area contributed by atoms with E-state index in [1.54, 1.807) is 6.08 Å². The van der Waals surface area contributed by atoms with Crippen LogP contribution in [0.1, 0.15) is 125 Å². The minimum Gasteiger partial charge on any atom is -0.393 e. The molecule has 3 saturated carbocycles. The molecule has 2 N–H and O–H groups in total. The van der Waals surface area contributed by atoms with E-state index in [-0.39, 0.29) is 17.1 Å². The van der Waals surface area contributed by atoms with Crippen LogP contribution in [0.15, 0.2) is 47.6 Å². The van der Waals surface area contributed by atoms with Crippen molar-refractivity contribution in [2.75, 3.05) is 13.2 Å². The number of hydrogen-bond acceptors (Lipinski definition) is 6. The first-order valence-electron chi connectivity index (χ1n) is 17.5. The minimum absolute atomic E-state index is 0.131. The Labute approximate surface area is 268 Å². The van der Waals surface area contributed by atoms with Gasteiger partial charge in [0, 0.05) is 6.42 Å². The fourth-order valence-corrected chi connectivity index (χ4v) is 10.6. The van der Waals surface area contributed by atoms with E-state index in [1.165, 1.54) is 5.57 Å². The Hall–Kier alpha value is -1.30. The van der Waals surface area contributed by atoms with Crippen LogP contribution in [0.25, 0.3) is 0 Å². The molecule has 6 nitrogen and oxygen atoms in total. The highest BCUT2D eigenvalue weighted by Gasteiger charge is 2.54. The molecule has 0 aromatic rings. The number of fused-ring (bicyclic) bond motifs is 1. The average Bonchev–Trinajstić information content (AvgIpc) is 3.35. The summed E-state index contributed by atoms with van der Waals surface area (Å²) in [4.78, 5) is 14.0. The molecule has 3 rings (SSSR count). The predicted molar refractivity (Wildman–Crippen MR) is 181 cm³/mol. The number of allylic oxidation sites excluding steroid dienone is 5. The molecule has 0 radical (unpaired) electrons. The van der Waals surface area contributed by atoms with Gasteiger partial charge in [-0.25, -0.2) is 0 Å². The molecule has 7 heteroatoms. The van der Waals surface area contributed by atoms with Gasteiger partial charge in [-0.15, -0.1) is 0 Å². The van der Waals surface area contributed by atoms with Crippen LogP contribution in [0.3, 0.4) is 0 Å².